The van der Waals surface area contributed by atoms with E-state index in [2.05, 4.69) is 0 Å². The van der Waals surface area contributed by atoms with Crippen molar-refractivity contribution in [3.63, 3.8) is 0 Å². The fraction of sp³-hybridized carbons (Fsp3) is 0.0909. The first kappa shape index (κ1) is 24.1. The van der Waals surface area contributed by atoms with Crippen LogP contribution in [-0.4, -0.2) is 26.2 Å². The maximum atomic E-state index is 14.0. The van der Waals surface area contributed by atoms with Crippen LogP contribution in [0, 0.1) is 29.1 Å². The highest BCUT2D eigenvalue weighted by atomic mass is 32.2. The number of nitrogens with zero attached hydrogens (tertiary/aromatic N) is 1. The molecule has 0 spiro atoms. The number of methoxy groups -OCH3 is 2. The summed E-state index contributed by atoms with van der Waals surface area (Å²) in [6, 6.07) is 5.53. The highest BCUT2D eigenvalue weighted by molar-refractivity contribution is 7.99. The largest absolute Gasteiger partial charge is 0.465 e. The van der Waals surface area contributed by atoms with Gasteiger partial charge in [0.05, 0.1) is 24.7 Å². The Morgan fingerprint density at radius 2 is 1.33 bits per heavy atom. The zero-order chi connectivity index (χ0) is 24.3. The van der Waals surface area contributed by atoms with Gasteiger partial charge in [-0.05, 0) is 36.4 Å². The molecule has 0 amide bonds. The molecule has 1 aliphatic rings. The summed E-state index contributed by atoms with van der Waals surface area (Å²) in [7, 11) is 2.27. The number of hydrogen-bond acceptors (Lipinski definition) is 6. The van der Waals surface area contributed by atoms with Crippen molar-refractivity contribution in [2.24, 2.45) is 0 Å². The number of carbonyl (C=O) groups excluding carboxylic acids is 2. The number of esters is 2. The lowest BCUT2D eigenvalue weighted by molar-refractivity contribution is -0.139. The van der Waals surface area contributed by atoms with E-state index >= 15 is 0 Å². The van der Waals surface area contributed by atoms with Crippen molar-refractivity contribution in [2.75, 3.05) is 19.1 Å². The number of rotatable bonds is 5. The maximum absolute atomic E-state index is 14.0. The van der Waals surface area contributed by atoms with Crippen molar-refractivity contribution in [2.45, 2.75) is 9.79 Å². The molecule has 0 N–H and O–H groups in total. The lowest BCUT2D eigenvalue weighted by Crippen LogP contribution is -2.26. The van der Waals surface area contributed by atoms with Crippen molar-refractivity contribution >= 4 is 29.4 Å². The summed E-state index contributed by atoms with van der Waals surface area (Å²) in [6.45, 7) is 0. The summed E-state index contributed by atoms with van der Waals surface area (Å²) >= 11 is 0.335. The Balaban J connectivity index is 2.00. The average molecular weight is 483 g/mol. The molecule has 5 nitrogen and oxygen atoms in total. The fourth-order valence-corrected chi connectivity index (χ4v) is 3.70. The Kier molecular flexibility index (Phi) is 7.22. The maximum Gasteiger partial charge on any atom is 0.355 e. The molecule has 0 aromatic heterocycles. The minimum atomic E-state index is -2.24. The molecule has 1 aliphatic heterocycles. The van der Waals surface area contributed by atoms with E-state index in [4.69, 9.17) is 9.47 Å². The quantitative estimate of drug-likeness (QED) is 0.258. The number of halogens is 5. The normalized spacial score (nSPS) is 13.2. The van der Waals surface area contributed by atoms with Crippen molar-refractivity contribution in [1.29, 1.82) is 0 Å². The van der Waals surface area contributed by atoms with E-state index in [1.807, 2.05) is 0 Å². The number of carbonyl (C=O) groups is 2. The van der Waals surface area contributed by atoms with Gasteiger partial charge in [0, 0.05) is 16.8 Å². The monoisotopic (exact) mass is 483 g/mol. The lowest BCUT2D eigenvalue weighted by Gasteiger charge is -2.23. The molecule has 0 fully saturated rings. The third kappa shape index (κ3) is 4.63. The van der Waals surface area contributed by atoms with Crippen LogP contribution >= 0.6 is 11.8 Å². The SMILES string of the molecule is COC(=O)C1=C(C(=O)OC)N(c2ccc(Sc3c(F)c(F)c(F)c(F)c3F)cc2)C=CC=C1. The van der Waals surface area contributed by atoms with Crippen molar-refractivity contribution < 1.29 is 41.0 Å². The van der Waals surface area contributed by atoms with Crippen LogP contribution in [0.1, 0.15) is 0 Å². The van der Waals surface area contributed by atoms with E-state index in [9.17, 15) is 31.5 Å². The van der Waals surface area contributed by atoms with Crippen LogP contribution in [0.2, 0.25) is 0 Å². The van der Waals surface area contributed by atoms with E-state index < -0.39 is 45.9 Å². The highest BCUT2D eigenvalue weighted by Crippen LogP contribution is 2.37. The summed E-state index contributed by atoms with van der Waals surface area (Å²) in [4.78, 5) is 25.0. The van der Waals surface area contributed by atoms with Gasteiger partial charge in [0.25, 0.3) is 0 Å². The molecule has 172 valence electrons. The molecule has 0 saturated heterocycles. The topological polar surface area (TPSA) is 55.8 Å². The molecule has 0 unspecified atom stereocenters. The minimum absolute atomic E-state index is 0.0887. The van der Waals surface area contributed by atoms with Gasteiger partial charge < -0.3 is 14.4 Å². The van der Waals surface area contributed by atoms with Crippen LogP contribution in [-0.2, 0) is 19.1 Å². The summed E-state index contributed by atoms with van der Waals surface area (Å²) in [6.07, 6.45) is 5.87. The van der Waals surface area contributed by atoms with E-state index in [-0.39, 0.29) is 16.2 Å². The van der Waals surface area contributed by atoms with E-state index in [1.165, 1.54) is 53.6 Å². The van der Waals surface area contributed by atoms with Crippen LogP contribution in [0.15, 0.2) is 69.8 Å². The lowest BCUT2D eigenvalue weighted by atomic mass is 10.1. The molecular weight excluding hydrogens is 469 g/mol. The summed E-state index contributed by atoms with van der Waals surface area (Å²) in [5, 5.41) is 0. The Labute approximate surface area is 188 Å². The molecule has 0 bridgehead atoms. The average Bonchev–Trinajstić information content (AvgIpc) is 3.06. The van der Waals surface area contributed by atoms with Crippen LogP contribution in [0.3, 0.4) is 0 Å². The van der Waals surface area contributed by atoms with Crippen LogP contribution in [0.5, 0.6) is 0 Å². The highest BCUT2D eigenvalue weighted by Gasteiger charge is 2.28. The third-order valence-corrected chi connectivity index (χ3v) is 5.46. The van der Waals surface area contributed by atoms with E-state index in [0.29, 0.717) is 17.4 Å². The number of benzene rings is 2. The van der Waals surface area contributed by atoms with E-state index in [0.717, 1.165) is 14.2 Å². The van der Waals surface area contributed by atoms with Crippen molar-refractivity contribution in [1.82, 2.24) is 0 Å². The number of anilines is 1. The predicted octanol–water partition coefficient (Wildman–Crippen LogP) is 5.02. The van der Waals surface area contributed by atoms with Crippen LogP contribution < -0.4 is 4.90 Å². The van der Waals surface area contributed by atoms with Crippen molar-refractivity contribution in [3.8, 4) is 0 Å². The Morgan fingerprint density at radius 3 is 1.88 bits per heavy atom. The Bertz CT molecular complexity index is 1180. The third-order valence-electron chi connectivity index (χ3n) is 4.39. The molecule has 3 rings (SSSR count). The minimum Gasteiger partial charge on any atom is -0.465 e. The molecule has 0 saturated carbocycles. The van der Waals surface area contributed by atoms with Crippen LogP contribution in [0.25, 0.3) is 0 Å². The van der Waals surface area contributed by atoms with Crippen LogP contribution in [0.4, 0.5) is 27.6 Å². The van der Waals surface area contributed by atoms with Crippen molar-refractivity contribution in [3.05, 3.63) is 89.0 Å². The Hall–Kier alpha value is -3.60. The van der Waals surface area contributed by atoms with Gasteiger partial charge in [-0.3, -0.25) is 0 Å². The van der Waals surface area contributed by atoms with Gasteiger partial charge in [-0.1, -0.05) is 17.8 Å². The second kappa shape index (κ2) is 9.90. The molecule has 33 heavy (non-hydrogen) atoms. The molecule has 0 atom stereocenters. The molecular formula is C22H14F5NO4S. The molecule has 2 aromatic rings. The number of allylic oxidation sites excluding steroid dienone is 2. The summed E-state index contributed by atoms with van der Waals surface area (Å²) < 4.78 is 77.6. The first-order valence-electron chi connectivity index (χ1n) is 9.05. The number of hydrogen-bond donors (Lipinski definition) is 0. The van der Waals surface area contributed by atoms with Gasteiger partial charge in [-0.2, -0.15) is 0 Å². The molecule has 2 aromatic carbocycles. The van der Waals surface area contributed by atoms with Gasteiger partial charge in [-0.25, -0.2) is 31.5 Å². The molecule has 0 radical (unpaired) electrons. The molecule has 0 aliphatic carbocycles. The zero-order valence-electron chi connectivity index (χ0n) is 17.0. The Morgan fingerprint density at radius 1 is 0.788 bits per heavy atom. The summed E-state index contributed by atoms with van der Waals surface area (Å²) in [5.41, 5.74) is 0.0854. The smallest absolute Gasteiger partial charge is 0.355 e. The van der Waals surface area contributed by atoms with Gasteiger partial charge in [-0.15, -0.1) is 0 Å². The molecule has 1 heterocycles. The second-order valence-corrected chi connectivity index (χ2v) is 7.39. The van der Waals surface area contributed by atoms with Gasteiger partial charge >= 0.3 is 11.9 Å². The van der Waals surface area contributed by atoms with Gasteiger partial charge in [0.2, 0.25) is 5.82 Å². The van der Waals surface area contributed by atoms with Gasteiger partial charge in [0.15, 0.2) is 23.3 Å². The first-order chi connectivity index (χ1) is 15.7. The molecule has 11 heteroatoms. The van der Waals surface area contributed by atoms with E-state index in [1.54, 1.807) is 0 Å². The zero-order valence-corrected chi connectivity index (χ0v) is 17.8. The van der Waals surface area contributed by atoms with Gasteiger partial charge in [0.1, 0.15) is 5.70 Å². The second-order valence-electron chi connectivity index (χ2n) is 6.31. The first-order valence-corrected chi connectivity index (χ1v) is 9.87. The fourth-order valence-electron chi connectivity index (χ4n) is 2.83. The number of ether oxygens (including phenoxy) is 2. The predicted molar refractivity (Wildman–Crippen MR) is 109 cm³/mol. The standard InChI is InChI=1S/C22H14F5NO4S/c1-31-21(29)13-5-3-4-10-28(19(13)22(30)32-2)11-6-8-12(9-7-11)33-20-17(26)15(24)14(23)16(25)18(20)27/h3-10H,1-2H3. The summed E-state index contributed by atoms with van der Waals surface area (Å²) in [5.74, 6) is -11.8.